The molecule has 160 valence electrons. The second-order valence-corrected chi connectivity index (χ2v) is 8.44. The molecule has 1 aromatic heterocycles. The minimum absolute atomic E-state index is 0.230. The lowest BCUT2D eigenvalue weighted by Crippen LogP contribution is -2.52. The first kappa shape index (κ1) is 20.9. The highest BCUT2D eigenvalue weighted by Crippen LogP contribution is 2.27. The molecule has 2 heterocycles. The molecule has 2 N–H and O–H groups in total. The van der Waals surface area contributed by atoms with Crippen LogP contribution in [-0.4, -0.2) is 59.3 Å². The highest BCUT2D eigenvalue weighted by Gasteiger charge is 2.27. The number of methoxy groups -OCH3 is 1. The molecule has 2 aromatic carbocycles. The third-order valence-corrected chi connectivity index (χ3v) is 6.54. The Balaban J connectivity index is 1.47. The van der Waals surface area contributed by atoms with Crippen molar-refractivity contribution in [3.63, 3.8) is 0 Å². The molecule has 0 saturated carbocycles. The SMILES string of the molecule is COc1ccc2[nH]c(CN3CCN(Cc4ccccc4C)[C@@H](CCO)C3)c(C)c2c1. The zero-order chi connectivity index (χ0) is 21.1. The normalized spacial score (nSPS) is 18.2. The molecular formula is C25H33N3O2. The minimum Gasteiger partial charge on any atom is -0.497 e. The Bertz CT molecular complexity index is 997. The standard InChI is InChI=1S/C25H33N3O2/c1-18-6-4-5-7-20(18)15-28-12-11-27(16-21(28)10-13-29)17-25-19(2)23-14-22(30-3)8-9-24(23)26-25/h4-9,14,21,26,29H,10-13,15-17H2,1-3H3/t21-/m0/s1. The fraction of sp³-hybridized carbons (Fsp3) is 0.440. The maximum Gasteiger partial charge on any atom is 0.119 e. The first-order chi connectivity index (χ1) is 14.6. The van der Waals surface area contributed by atoms with Gasteiger partial charge >= 0.3 is 0 Å². The van der Waals surface area contributed by atoms with Crippen LogP contribution in [0.1, 0.15) is 28.8 Å². The number of hydrogen-bond donors (Lipinski definition) is 2. The maximum atomic E-state index is 9.66. The summed E-state index contributed by atoms with van der Waals surface area (Å²) in [5, 5.41) is 10.9. The summed E-state index contributed by atoms with van der Waals surface area (Å²) in [6, 6.07) is 15.2. The summed E-state index contributed by atoms with van der Waals surface area (Å²) in [5.74, 6) is 0.893. The summed E-state index contributed by atoms with van der Waals surface area (Å²) in [5.41, 5.74) is 6.45. The van der Waals surface area contributed by atoms with E-state index in [2.05, 4.69) is 65.0 Å². The number of fused-ring (bicyclic) bond motifs is 1. The summed E-state index contributed by atoms with van der Waals surface area (Å²) in [6.07, 6.45) is 0.811. The number of H-pyrrole nitrogens is 1. The molecule has 0 amide bonds. The zero-order valence-corrected chi connectivity index (χ0v) is 18.3. The summed E-state index contributed by atoms with van der Waals surface area (Å²) in [6.45, 7) is 9.49. The zero-order valence-electron chi connectivity index (χ0n) is 18.3. The van der Waals surface area contributed by atoms with Crippen molar-refractivity contribution < 1.29 is 9.84 Å². The van der Waals surface area contributed by atoms with Crippen molar-refractivity contribution in [2.45, 2.75) is 39.4 Å². The number of hydrogen-bond acceptors (Lipinski definition) is 4. The Morgan fingerprint density at radius 1 is 1.10 bits per heavy atom. The van der Waals surface area contributed by atoms with Gasteiger partial charge in [0, 0.05) is 62.0 Å². The van der Waals surface area contributed by atoms with E-state index in [-0.39, 0.29) is 6.61 Å². The summed E-state index contributed by atoms with van der Waals surface area (Å²) >= 11 is 0. The van der Waals surface area contributed by atoms with E-state index in [0.717, 1.165) is 50.4 Å². The van der Waals surface area contributed by atoms with E-state index in [0.29, 0.717) is 6.04 Å². The molecule has 1 atom stereocenters. The van der Waals surface area contributed by atoms with Crippen LogP contribution in [-0.2, 0) is 13.1 Å². The lowest BCUT2D eigenvalue weighted by atomic mass is 10.0. The van der Waals surface area contributed by atoms with Crippen LogP contribution >= 0.6 is 0 Å². The van der Waals surface area contributed by atoms with Gasteiger partial charge < -0.3 is 14.8 Å². The third kappa shape index (κ3) is 4.38. The molecule has 30 heavy (non-hydrogen) atoms. The molecule has 4 rings (SSSR count). The van der Waals surface area contributed by atoms with Gasteiger partial charge in [0.1, 0.15) is 5.75 Å². The first-order valence-electron chi connectivity index (χ1n) is 10.9. The van der Waals surface area contributed by atoms with Gasteiger partial charge in [0.05, 0.1) is 7.11 Å². The van der Waals surface area contributed by atoms with Crippen molar-refractivity contribution >= 4 is 10.9 Å². The molecule has 3 aromatic rings. The van der Waals surface area contributed by atoms with Crippen molar-refractivity contribution in [1.82, 2.24) is 14.8 Å². The van der Waals surface area contributed by atoms with Gasteiger partial charge in [0.25, 0.3) is 0 Å². The molecule has 1 saturated heterocycles. The highest BCUT2D eigenvalue weighted by molar-refractivity contribution is 5.85. The Hall–Kier alpha value is -2.34. The van der Waals surface area contributed by atoms with Crippen LogP contribution in [0.15, 0.2) is 42.5 Å². The van der Waals surface area contributed by atoms with E-state index in [1.165, 1.54) is 27.8 Å². The number of nitrogens with one attached hydrogen (secondary N) is 1. The van der Waals surface area contributed by atoms with E-state index in [1.54, 1.807) is 7.11 Å². The van der Waals surface area contributed by atoms with Gasteiger partial charge in [-0.25, -0.2) is 0 Å². The Labute approximate surface area is 179 Å². The topological polar surface area (TPSA) is 51.7 Å². The van der Waals surface area contributed by atoms with Crippen molar-refractivity contribution in [2.24, 2.45) is 0 Å². The van der Waals surface area contributed by atoms with Gasteiger partial charge in [-0.1, -0.05) is 24.3 Å². The first-order valence-corrected chi connectivity index (χ1v) is 10.9. The van der Waals surface area contributed by atoms with Crippen LogP contribution < -0.4 is 4.74 Å². The molecule has 0 unspecified atom stereocenters. The van der Waals surface area contributed by atoms with Crippen LogP contribution in [0.3, 0.4) is 0 Å². The smallest absolute Gasteiger partial charge is 0.119 e. The Morgan fingerprint density at radius 3 is 2.70 bits per heavy atom. The van der Waals surface area contributed by atoms with E-state index in [9.17, 15) is 5.11 Å². The average Bonchev–Trinajstić information content (AvgIpc) is 3.06. The highest BCUT2D eigenvalue weighted by atomic mass is 16.5. The lowest BCUT2D eigenvalue weighted by molar-refractivity contribution is 0.0493. The number of benzene rings is 2. The van der Waals surface area contributed by atoms with E-state index in [4.69, 9.17) is 4.74 Å². The fourth-order valence-electron chi connectivity index (χ4n) is 4.61. The van der Waals surface area contributed by atoms with Gasteiger partial charge in [-0.05, 0) is 55.2 Å². The van der Waals surface area contributed by atoms with Gasteiger partial charge in [-0.15, -0.1) is 0 Å². The maximum absolute atomic E-state index is 9.66. The fourth-order valence-corrected chi connectivity index (χ4v) is 4.61. The second-order valence-electron chi connectivity index (χ2n) is 8.44. The van der Waals surface area contributed by atoms with Crippen molar-refractivity contribution in [3.8, 4) is 5.75 Å². The van der Waals surface area contributed by atoms with Crippen LogP contribution in [0, 0.1) is 13.8 Å². The summed E-state index contributed by atoms with van der Waals surface area (Å²) < 4.78 is 5.39. The molecule has 1 fully saturated rings. The molecule has 0 aliphatic carbocycles. The van der Waals surface area contributed by atoms with Crippen molar-refractivity contribution in [1.29, 1.82) is 0 Å². The Kier molecular flexibility index (Phi) is 6.42. The molecular weight excluding hydrogens is 374 g/mol. The quantitative estimate of drug-likeness (QED) is 0.624. The average molecular weight is 408 g/mol. The minimum atomic E-state index is 0.230. The number of piperazine rings is 1. The number of aliphatic hydroxyl groups excluding tert-OH is 1. The number of nitrogens with zero attached hydrogens (tertiary/aromatic N) is 2. The van der Waals surface area contributed by atoms with Gasteiger partial charge in [-0.3, -0.25) is 9.80 Å². The number of aromatic nitrogens is 1. The van der Waals surface area contributed by atoms with Crippen LogP contribution in [0.25, 0.3) is 10.9 Å². The molecule has 5 nitrogen and oxygen atoms in total. The van der Waals surface area contributed by atoms with Gasteiger partial charge in [-0.2, -0.15) is 0 Å². The number of aromatic amines is 1. The van der Waals surface area contributed by atoms with Crippen molar-refractivity contribution in [3.05, 3.63) is 64.8 Å². The van der Waals surface area contributed by atoms with Crippen molar-refractivity contribution in [2.75, 3.05) is 33.4 Å². The van der Waals surface area contributed by atoms with E-state index >= 15 is 0 Å². The Morgan fingerprint density at radius 2 is 1.93 bits per heavy atom. The number of rotatable bonds is 7. The van der Waals surface area contributed by atoms with Crippen LogP contribution in [0.5, 0.6) is 5.75 Å². The summed E-state index contributed by atoms with van der Waals surface area (Å²) in [7, 11) is 1.71. The van der Waals surface area contributed by atoms with Gasteiger partial charge in [0.15, 0.2) is 0 Å². The molecule has 0 bridgehead atoms. The monoisotopic (exact) mass is 407 g/mol. The molecule has 0 radical (unpaired) electrons. The molecule has 0 spiro atoms. The number of aliphatic hydroxyl groups is 1. The largest absolute Gasteiger partial charge is 0.497 e. The second kappa shape index (κ2) is 9.21. The van der Waals surface area contributed by atoms with E-state index in [1.807, 2.05) is 6.07 Å². The molecule has 1 aliphatic rings. The van der Waals surface area contributed by atoms with Gasteiger partial charge in [0.2, 0.25) is 0 Å². The summed E-state index contributed by atoms with van der Waals surface area (Å²) in [4.78, 5) is 8.66. The predicted molar refractivity (Wildman–Crippen MR) is 122 cm³/mol. The third-order valence-electron chi connectivity index (χ3n) is 6.54. The van der Waals surface area contributed by atoms with Crippen LogP contribution in [0.2, 0.25) is 0 Å². The van der Waals surface area contributed by atoms with E-state index < -0.39 is 0 Å². The predicted octanol–water partition coefficient (Wildman–Crippen LogP) is 3.86. The number of aryl methyl sites for hydroxylation is 2. The lowest BCUT2D eigenvalue weighted by Gasteiger charge is -2.41. The molecule has 5 heteroatoms. The number of ether oxygens (including phenoxy) is 1. The van der Waals surface area contributed by atoms with Crippen LogP contribution in [0.4, 0.5) is 0 Å². The molecule has 1 aliphatic heterocycles.